The van der Waals surface area contributed by atoms with Crippen molar-refractivity contribution < 1.29 is 15.3 Å². The Bertz CT molecular complexity index is 242. The van der Waals surface area contributed by atoms with Crippen molar-refractivity contribution in [3.05, 3.63) is 6.42 Å². The van der Waals surface area contributed by atoms with Crippen LogP contribution in [0, 0.1) is 12.3 Å². The van der Waals surface area contributed by atoms with Crippen molar-refractivity contribution in [3.8, 4) is 0 Å². The van der Waals surface area contributed by atoms with Gasteiger partial charge in [-0.2, -0.15) is 0 Å². The largest absolute Gasteiger partial charge is 0.396 e. The lowest BCUT2D eigenvalue weighted by molar-refractivity contribution is 0.282. The van der Waals surface area contributed by atoms with Crippen molar-refractivity contribution in [3.63, 3.8) is 0 Å². The van der Waals surface area contributed by atoms with E-state index in [1.165, 1.54) is 96.3 Å². The molecule has 1 radical (unpaired) electrons. The minimum Gasteiger partial charge on any atom is -0.396 e. The summed E-state index contributed by atoms with van der Waals surface area (Å²) in [5.41, 5.74) is 0. The van der Waals surface area contributed by atoms with E-state index in [0.717, 1.165) is 31.6 Å². The van der Waals surface area contributed by atoms with Crippen LogP contribution in [0.3, 0.4) is 0 Å². The molecule has 0 aliphatic rings. The second kappa shape index (κ2) is 23.9. The molecular weight excluding hydrogens is 336 g/mol. The Morgan fingerprint density at radius 3 is 1.15 bits per heavy atom. The fraction of sp³-hybridized carbons (Fsp3) is 0.958. The number of rotatable bonds is 23. The van der Waals surface area contributed by atoms with Crippen LogP contribution in [0.15, 0.2) is 0 Å². The third-order valence-electron chi connectivity index (χ3n) is 5.58. The topological polar surface area (TPSA) is 60.7 Å². The zero-order chi connectivity index (χ0) is 19.8. The molecule has 0 heterocycles. The average Bonchev–Trinajstić information content (AvgIpc) is 2.68. The lowest BCUT2D eigenvalue weighted by Crippen LogP contribution is -2.02. The zero-order valence-electron chi connectivity index (χ0n) is 18.1. The van der Waals surface area contributed by atoms with Crippen molar-refractivity contribution in [2.24, 2.45) is 5.92 Å². The highest BCUT2D eigenvalue weighted by Crippen LogP contribution is 2.24. The molecule has 0 amide bonds. The minimum atomic E-state index is 0.336. The Labute approximate surface area is 170 Å². The average molecular weight is 386 g/mol. The van der Waals surface area contributed by atoms with Gasteiger partial charge >= 0.3 is 0 Å². The van der Waals surface area contributed by atoms with Gasteiger partial charge in [0.15, 0.2) is 0 Å². The van der Waals surface area contributed by atoms with Gasteiger partial charge in [0.05, 0.1) is 0 Å². The van der Waals surface area contributed by atoms with Gasteiger partial charge in [-0.1, -0.05) is 96.3 Å². The Balaban J connectivity index is 3.77. The summed E-state index contributed by atoms with van der Waals surface area (Å²) in [5, 5.41) is 26.5. The van der Waals surface area contributed by atoms with E-state index in [2.05, 4.69) is 6.42 Å². The Morgan fingerprint density at radius 2 is 0.741 bits per heavy atom. The summed E-state index contributed by atoms with van der Waals surface area (Å²) in [6.45, 7) is 1.02. The summed E-state index contributed by atoms with van der Waals surface area (Å²) in [6, 6.07) is 0. The fourth-order valence-corrected chi connectivity index (χ4v) is 3.79. The highest BCUT2D eigenvalue weighted by Gasteiger charge is 2.09. The molecule has 163 valence electrons. The normalized spacial score (nSPS) is 11.6. The zero-order valence-corrected chi connectivity index (χ0v) is 18.1. The summed E-state index contributed by atoms with van der Waals surface area (Å²) in [7, 11) is 0. The predicted octanol–water partition coefficient (Wildman–Crippen LogP) is 6.20. The summed E-state index contributed by atoms with van der Waals surface area (Å²) < 4.78 is 0. The molecular formula is C24H49O3. The maximum Gasteiger partial charge on any atom is 0.0431 e. The standard InChI is InChI=1S/C24H49O3/c25-21-15-9-3-1-2-6-12-18-24(19-13-7-4-10-16-22-26)20-14-8-5-11-17-23-27/h19,24-27H,1-18,20-23H2. The monoisotopic (exact) mass is 385 g/mol. The molecule has 27 heavy (non-hydrogen) atoms. The van der Waals surface area contributed by atoms with Gasteiger partial charge in [0.2, 0.25) is 0 Å². The minimum absolute atomic E-state index is 0.336. The van der Waals surface area contributed by atoms with Gasteiger partial charge in [0.25, 0.3) is 0 Å². The first-order valence-corrected chi connectivity index (χ1v) is 12.0. The third kappa shape index (κ3) is 22.0. The first kappa shape index (κ1) is 26.9. The number of aliphatic hydroxyl groups is 3. The van der Waals surface area contributed by atoms with Crippen LogP contribution in [-0.4, -0.2) is 35.1 Å². The Hall–Kier alpha value is -0.120. The summed E-state index contributed by atoms with van der Waals surface area (Å²) in [5.74, 6) is 0.787. The van der Waals surface area contributed by atoms with Crippen molar-refractivity contribution in [1.82, 2.24) is 0 Å². The van der Waals surface area contributed by atoms with E-state index in [1.807, 2.05) is 0 Å². The Morgan fingerprint density at radius 1 is 0.407 bits per heavy atom. The van der Waals surface area contributed by atoms with Crippen LogP contribution in [-0.2, 0) is 0 Å². The molecule has 0 rings (SSSR count). The highest BCUT2D eigenvalue weighted by molar-refractivity contribution is 4.76. The van der Waals surface area contributed by atoms with E-state index in [-0.39, 0.29) is 0 Å². The molecule has 3 N–H and O–H groups in total. The molecule has 1 atom stereocenters. The molecule has 0 spiro atoms. The molecule has 0 aliphatic heterocycles. The molecule has 0 aromatic rings. The van der Waals surface area contributed by atoms with Crippen LogP contribution in [0.4, 0.5) is 0 Å². The number of aliphatic hydroxyl groups excluding tert-OH is 3. The quantitative estimate of drug-likeness (QED) is 0.184. The van der Waals surface area contributed by atoms with Gasteiger partial charge in [0, 0.05) is 19.8 Å². The van der Waals surface area contributed by atoms with E-state index in [1.54, 1.807) is 0 Å². The number of unbranched alkanes of at least 4 members (excludes halogenated alkanes) is 14. The molecule has 3 heteroatoms. The maximum absolute atomic E-state index is 8.86. The van der Waals surface area contributed by atoms with Crippen LogP contribution in [0.2, 0.25) is 0 Å². The summed E-state index contributed by atoms with van der Waals surface area (Å²) in [6.07, 6.45) is 26.0. The molecule has 0 saturated carbocycles. The Kier molecular flexibility index (Phi) is 23.8. The van der Waals surface area contributed by atoms with Crippen molar-refractivity contribution >= 4 is 0 Å². The van der Waals surface area contributed by atoms with Gasteiger partial charge in [-0.15, -0.1) is 0 Å². The first-order valence-electron chi connectivity index (χ1n) is 12.0. The molecule has 0 aliphatic carbocycles. The predicted molar refractivity (Wildman–Crippen MR) is 117 cm³/mol. The van der Waals surface area contributed by atoms with Crippen molar-refractivity contribution in [1.29, 1.82) is 0 Å². The van der Waals surface area contributed by atoms with E-state index < -0.39 is 0 Å². The molecule has 0 aromatic carbocycles. The summed E-state index contributed by atoms with van der Waals surface area (Å²) in [4.78, 5) is 0. The lowest BCUT2D eigenvalue weighted by Gasteiger charge is -2.17. The fourth-order valence-electron chi connectivity index (χ4n) is 3.79. The highest BCUT2D eigenvalue weighted by atomic mass is 16.3. The first-order chi connectivity index (χ1) is 13.3. The van der Waals surface area contributed by atoms with Crippen LogP contribution in [0.25, 0.3) is 0 Å². The number of hydrogen-bond donors (Lipinski definition) is 3. The van der Waals surface area contributed by atoms with Crippen LogP contribution in [0.5, 0.6) is 0 Å². The molecule has 0 fully saturated rings. The van der Waals surface area contributed by atoms with E-state index >= 15 is 0 Å². The molecule has 3 nitrogen and oxygen atoms in total. The van der Waals surface area contributed by atoms with Crippen molar-refractivity contribution in [2.45, 2.75) is 122 Å². The third-order valence-corrected chi connectivity index (χ3v) is 5.58. The van der Waals surface area contributed by atoms with Gasteiger partial charge in [-0.05, 0) is 38.0 Å². The van der Waals surface area contributed by atoms with Crippen LogP contribution >= 0.6 is 0 Å². The smallest absolute Gasteiger partial charge is 0.0431 e. The van der Waals surface area contributed by atoms with Gasteiger partial charge < -0.3 is 15.3 Å². The second-order valence-corrected chi connectivity index (χ2v) is 8.19. The molecule has 1 unspecified atom stereocenters. The van der Waals surface area contributed by atoms with Gasteiger partial charge in [0.1, 0.15) is 0 Å². The van der Waals surface area contributed by atoms with E-state index in [4.69, 9.17) is 15.3 Å². The molecule has 0 aromatic heterocycles. The van der Waals surface area contributed by atoms with Gasteiger partial charge in [-0.3, -0.25) is 0 Å². The molecule has 0 saturated heterocycles. The van der Waals surface area contributed by atoms with Crippen LogP contribution < -0.4 is 0 Å². The second-order valence-electron chi connectivity index (χ2n) is 8.19. The van der Waals surface area contributed by atoms with E-state index in [0.29, 0.717) is 19.8 Å². The van der Waals surface area contributed by atoms with E-state index in [9.17, 15) is 0 Å². The van der Waals surface area contributed by atoms with Gasteiger partial charge in [-0.25, -0.2) is 0 Å². The number of hydrogen-bond acceptors (Lipinski definition) is 3. The maximum atomic E-state index is 8.86. The van der Waals surface area contributed by atoms with Crippen molar-refractivity contribution in [2.75, 3.05) is 19.8 Å². The van der Waals surface area contributed by atoms with Crippen LogP contribution in [0.1, 0.15) is 122 Å². The summed E-state index contributed by atoms with van der Waals surface area (Å²) >= 11 is 0. The SMILES string of the molecule is OCCCCCC[CH]C(CCCCCCCO)CCCCCCCCCO. The lowest BCUT2D eigenvalue weighted by atomic mass is 9.89. The molecule has 0 bridgehead atoms.